The van der Waals surface area contributed by atoms with Crippen LogP contribution in [0.2, 0.25) is 0 Å². The van der Waals surface area contributed by atoms with Crippen LogP contribution in [-0.2, 0) is 16.3 Å². The lowest BCUT2D eigenvalue weighted by Gasteiger charge is -2.32. The second kappa shape index (κ2) is 3.06. The first-order valence-corrected chi connectivity index (χ1v) is 5.85. The minimum atomic E-state index is -0.442. The van der Waals surface area contributed by atoms with Crippen LogP contribution in [0.3, 0.4) is 0 Å². The number of benzene rings is 1. The molecule has 2 rings (SSSR count). The predicted octanol–water partition coefficient (Wildman–Crippen LogP) is 3.58. The van der Waals surface area contributed by atoms with E-state index in [0.29, 0.717) is 0 Å². The van der Waals surface area contributed by atoms with Gasteiger partial charge >= 0.3 is 0 Å². The number of hydrogen-bond acceptors (Lipinski definition) is 1. The zero-order valence-electron chi connectivity index (χ0n) is 9.47. The van der Waals surface area contributed by atoms with Gasteiger partial charge in [-0.1, -0.05) is 22.0 Å². The number of halogens is 1. The average Bonchev–Trinajstić information content (AvgIpc) is 2.26. The molecule has 15 heavy (non-hydrogen) atoms. The molecule has 0 aliphatic carbocycles. The van der Waals surface area contributed by atoms with Crippen LogP contribution in [0.5, 0.6) is 0 Å². The Morgan fingerprint density at radius 3 is 2.20 bits per heavy atom. The summed E-state index contributed by atoms with van der Waals surface area (Å²) in [6, 6.07) is 6.09. The van der Waals surface area contributed by atoms with Crippen LogP contribution in [0.15, 0.2) is 22.7 Å². The highest BCUT2D eigenvalue weighted by Crippen LogP contribution is 2.48. The first-order chi connectivity index (χ1) is 6.78. The monoisotopic (exact) mass is 268 g/mol. The van der Waals surface area contributed by atoms with E-state index in [0.717, 1.165) is 15.6 Å². The summed E-state index contributed by atoms with van der Waals surface area (Å²) in [5, 5.41) is 13.4. The number of fused-ring (bicyclic) bond motifs is 1. The molecule has 0 bridgehead atoms. The second-order valence-corrected chi connectivity index (χ2v) is 6.02. The van der Waals surface area contributed by atoms with Crippen molar-refractivity contribution in [1.82, 2.24) is 5.06 Å². The van der Waals surface area contributed by atoms with Crippen molar-refractivity contribution in [1.29, 1.82) is 0 Å². The molecule has 1 aromatic rings. The van der Waals surface area contributed by atoms with Crippen molar-refractivity contribution in [2.45, 2.75) is 38.8 Å². The van der Waals surface area contributed by atoms with Crippen molar-refractivity contribution in [2.75, 3.05) is 0 Å². The van der Waals surface area contributed by atoms with Gasteiger partial charge in [-0.3, -0.25) is 0 Å². The molecule has 0 aromatic heterocycles. The van der Waals surface area contributed by atoms with Gasteiger partial charge in [-0.2, -0.15) is 0 Å². The van der Waals surface area contributed by atoms with Crippen LogP contribution in [0.4, 0.5) is 0 Å². The Kier molecular flexibility index (Phi) is 2.27. The molecule has 0 amide bonds. The number of nitrogens with zero attached hydrogens (tertiary/aromatic N) is 1. The molecule has 1 radical (unpaired) electrons. The molecule has 0 saturated heterocycles. The summed E-state index contributed by atoms with van der Waals surface area (Å²) in [5.74, 6) is 0. The van der Waals surface area contributed by atoms with E-state index in [1.165, 1.54) is 5.06 Å². The maximum Gasteiger partial charge on any atom is 0.0699 e. The predicted molar refractivity (Wildman–Crippen MR) is 62.7 cm³/mol. The van der Waals surface area contributed by atoms with E-state index in [-0.39, 0.29) is 0 Å². The number of rotatable bonds is 0. The van der Waals surface area contributed by atoms with E-state index in [4.69, 9.17) is 0 Å². The molecule has 81 valence electrons. The van der Waals surface area contributed by atoms with Crippen LogP contribution < -0.4 is 0 Å². The van der Waals surface area contributed by atoms with Crippen LogP contribution in [0, 0.1) is 0 Å². The summed E-state index contributed by atoms with van der Waals surface area (Å²) in [6.07, 6.45) is 0. The van der Waals surface area contributed by atoms with Crippen LogP contribution in [0.1, 0.15) is 38.8 Å². The van der Waals surface area contributed by atoms with Gasteiger partial charge in [-0.05, 0) is 51.0 Å². The molecule has 1 heterocycles. The standard InChI is InChI=1S/C12H15BrNO/c1-11(2)9-6-5-8(13)7-10(9)12(3,4)14(11)15/h5-7H,1-4H3. The Morgan fingerprint density at radius 2 is 1.60 bits per heavy atom. The Hall–Kier alpha value is -0.380. The number of hydrogen-bond donors (Lipinski definition) is 0. The highest BCUT2D eigenvalue weighted by molar-refractivity contribution is 9.10. The van der Waals surface area contributed by atoms with Crippen molar-refractivity contribution < 1.29 is 5.21 Å². The molecular weight excluding hydrogens is 254 g/mol. The molecule has 0 atom stereocenters. The minimum absolute atomic E-state index is 0.431. The molecule has 2 nitrogen and oxygen atoms in total. The molecule has 0 fully saturated rings. The summed E-state index contributed by atoms with van der Waals surface area (Å²) in [7, 11) is 0. The fourth-order valence-electron chi connectivity index (χ4n) is 2.47. The highest BCUT2D eigenvalue weighted by Gasteiger charge is 2.49. The van der Waals surface area contributed by atoms with Gasteiger partial charge in [-0.15, -0.1) is 10.3 Å². The largest absolute Gasteiger partial charge is 0.135 e. The van der Waals surface area contributed by atoms with E-state index < -0.39 is 11.1 Å². The topological polar surface area (TPSA) is 23.1 Å². The van der Waals surface area contributed by atoms with E-state index in [9.17, 15) is 5.21 Å². The molecule has 1 aromatic carbocycles. The van der Waals surface area contributed by atoms with Crippen molar-refractivity contribution in [3.05, 3.63) is 33.8 Å². The quantitative estimate of drug-likeness (QED) is 0.706. The fraction of sp³-hybridized carbons (Fsp3) is 0.500. The van der Waals surface area contributed by atoms with Gasteiger partial charge in [0.25, 0.3) is 0 Å². The maximum absolute atomic E-state index is 12.2. The Labute approximate surface area is 99.0 Å². The Balaban J connectivity index is 2.71. The van der Waals surface area contributed by atoms with E-state index in [2.05, 4.69) is 22.0 Å². The zero-order chi connectivity index (χ0) is 11.4. The van der Waals surface area contributed by atoms with Gasteiger partial charge in [0.15, 0.2) is 0 Å². The molecule has 0 unspecified atom stereocenters. The summed E-state index contributed by atoms with van der Waals surface area (Å²) >= 11 is 3.45. The molecule has 0 saturated carbocycles. The summed E-state index contributed by atoms with van der Waals surface area (Å²) in [5.41, 5.74) is 1.38. The van der Waals surface area contributed by atoms with Crippen molar-refractivity contribution in [3.63, 3.8) is 0 Å². The third kappa shape index (κ3) is 1.37. The van der Waals surface area contributed by atoms with Gasteiger partial charge in [-0.25, -0.2) is 0 Å². The highest BCUT2D eigenvalue weighted by atomic mass is 79.9. The van der Waals surface area contributed by atoms with Crippen LogP contribution >= 0.6 is 15.9 Å². The first-order valence-electron chi connectivity index (χ1n) is 5.06. The second-order valence-electron chi connectivity index (χ2n) is 5.10. The first kappa shape index (κ1) is 11.1. The van der Waals surface area contributed by atoms with Gasteiger partial charge < -0.3 is 0 Å². The SMILES string of the molecule is CC1(C)c2ccc(Br)cc2C(C)(C)N1[O]. The molecule has 0 spiro atoms. The number of hydroxylamine groups is 2. The maximum atomic E-state index is 12.2. The molecule has 0 N–H and O–H groups in total. The molecule has 3 heteroatoms. The van der Waals surface area contributed by atoms with Gasteiger partial charge in [0.1, 0.15) is 0 Å². The van der Waals surface area contributed by atoms with Crippen molar-refractivity contribution in [3.8, 4) is 0 Å². The fourth-order valence-corrected chi connectivity index (χ4v) is 2.83. The lowest BCUT2D eigenvalue weighted by Crippen LogP contribution is -2.41. The van der Waals surface area contributed by atoms with Crippen LogP contribution in [0.25, 0.3) is 0 Å². The zero-order valence-corrected chi connectivity index (χ0v) is 11.1. The lowest BCUT2D eigenvalue weighted by molar-refractivity contribution is -0.266. The van der Waals surface area contributed by atoms with Gasteiger partial charge in [0.05, 0.1) is 11.1 Å². The normalized spacial score (nSPS) is 22.8. The lowest BCUT2D eigenvalue weighted by atomic mass is 9.91. The van der Waals surface area contributed by atoms with E-state index in [1.807, 2.05) is 39.8 Å². The van der Waals surface area contributed by atoms with Crippen molar-refractivity contribution >= 4 is 15.9 Å². The molecular formula is C12H15BrNO. The minimum Gasteiger partial charge on any atom is -0.135 e. The third-order valence-corrected chi connectivity index (χ3v) is 3.81. The smallest absolute Gasteiger partial charge is 0.0699 e. The van der Waals surface area contributed by atoms with Crippen molar-refractivity contribution in [2.24, 2.45) is 0 Å². The third-order valence-electron chi connectivity index (χ3n) is 3.32. The average molecular weight is 269 g/mol. The summed E-state index contributed by atoms with van der Waals surface area (Å²) in [4.78, 5) is 0. The Bertz CT molecular complexity index is 412. The van der Waals surface area contributed by atoms with Gasteiger partial charge in [0.2, 0.25) is 0 Å². The van der Waals surface area contributed by atoms with Gasteiger partial charge in [0, 0.05) is 4.47 Å². The van der Waals surface area contributed by atoms with E-state index >= 15 is 0 Å². The summed E-state index contributed by atoms with van der Waals surface area (Å²) in [6.45, 7) is 7.89. The Morgan fingerprint density at radius 1 is 1.07 bits per heavy atom. The molecule has 1 aliphatic heterocycles. The summed E-state index contributed by atoms with van der Waals surface area (Å²) < 4.78 is 1.03. The molecule has 1 aliphatic rings. The van der Waals surface area contributed by atoms with Crippen LogP contribution in [-0.4, -0.2) is 5.06 Å². The van der Waals surface area contributed by atoms with E-state index in [1.54, 1.807) is 0 Å².